The summed E-state index contributed by atoms with van der Waals surface area (Å²) in [6.07, 6.45) is 6.87. The highest BCUT2D eigenvalue weighted by Crippen LogP contribution is 2.17. The van der Waals surface area contributed by atoms with Gasteiger partial charge in [-0.1, -0.05) is 0 Å². The average Bonchev–Trinajstić information content (AvgIpc) is 2.60. The van der Waals surface area contributed by atoms with Crippen LogP contribution < -0.4 is 4.72 Å². The van der Waals surface area contributed by atoms with Crippen LogP contribution in [0.3, 0.4) is 0 Å². The Balaban J connectivity index is 1.93. The molecule has 0 saturated carbocycles. The molecule has 0 aliphatic carbocycles. The third kappa shape index (κ3) is 2.79. The summed E-state index contributed by atoms with van der Waals surface area (Å²) in [5.41, 5.74) is 0. The molecule has 1 aliphatic rings. The van der Waals surface area contributed by atoms with E-state index in [2.05, 4.69) is 14.3 Å². The Hall–Kier alpha value is -0.880. The molecule has 1 aromatic rings. The van der Waals surface area contributed by atoms with E-state index < -0.39 is 10.0 Å². The zero-order valence-electron chi connectivity index (χ0n) is 8.68. The molecule has 1 aliphatic heterocycles. The van der Waals surface area contributed by atoms with Gasteiger partial charge in [0.2, 0.25) is 10.0 Å². The zero-order valence-corrected chi connectivity index (χ0v) is 9.50. The van der Waals surface area contributed by atoms with Crippen molar-refractivity contribution in [3.05, 3.63) is 18.2 Å². The fourth-order valence-corrected chi connectivity index (χ4v) is 2.41. The predicted octanol–water partition coefficient (Wildman–Crippen LogP) is -0.00530. The van der Waals surface area contributed by atoms with E-state index in [0.29, 0.717) is 12.5 Å². The number of hydrogen-bond donors (Lipinski definition) is 1. The maximum absolute atomic E-state index is 10.9. The van der Waals surface area contributed by atoms with Crippen LogP contribution in [0.15, 0.2) is 12.4 Å². The van der Waals surface area contributed by atoms with Crippen LogP contribution in [-0.2, 0) is 23.0 Å². The van der Waals surface area contributed by atoms with Crippen molar-refractivity contribution < 1.29 is 8.42 Å². The number of nitrogens with one attached hydrogen (secondary N) is 1. The van der Waals surface area contributed by atoms with Gasteiger partial charge in [0.05, 0.1) is 6.26 Å². The van der Waals surface area contributed by atoms with Crippen LogP contribution in [0, 0.1) is 5.92 Å². The van der Waals surface area contributed by atoms with Gasteiger partial charge in [0.1, 0.15) is 5.82 Å². The lowest BCUT2D eigenvalue weighted by Crippen LogP contribution is -2.32. The molecule has 1 N–H and O–H groups in total. The lowest BCUT2D eigenvalue weighted by molar-refractivity contribution is 0.364. The number of rotatable bonds is 3. The highest BCUT2D eigenvalue weighted by molar-refractivity contribution is 7.88. The van der Waals surface area contributed by atoms with Gasteiger partial charge >= 0.3 is 0 Å². The molecule has 0 aromatic carbocycles. The van der Waals surface area contributed by atoms with E-state index in [1.54, 1.807) is 6.20 Å². The van der Waals surface area contributed by atoms with E-state index in [4.69, 9.17) is 0 Å². The molecule has 0 fully saturated rings. The number of hydrogen-bond acceptors (Lipinski definition) is 3. The van der Waals surface area contributed by atoms with Gasteiger partial charge < -0.3 is 4.57 Å². The molecule has 1 unspecified atom stereocenters. The standard InChI is InChI=1S/C9H15N3O2S/c1-15(13,14)11-6-8-2-3-9-10-4-5-12(9)7-8/h4-5,8,11H,2-3,6-7H2,1H3. The summed E-state index contributed by atoms with van der Waals surface area (Å²) < 4.78 is 26.5. The molecular weight excluding hydrogens is 214 g/mol. The van der Waals surface area contributed by atoms with Crippen molar-refractivity contribution in [2.24, 2.45) is 5.92 Å². The van der Waals surface area contributed by atoms with E-state index in [1.807, 2.05) is 6.20 Å². The molecule has 0 spiro atoms. The van der Waals surface area contributed by atoms with E-state index in [1.165, 1.54) is 6.26 Å². The second-order valence-corrected chi connectivity index (χ2v) is 5.85. The van der Waals surface area contributed by atoms with Crippen LogP contribution in [-0.4, -0.2) is 30.8 Å². The second kappa shape index (κ2) is 3.94. The first-order valence-electron chi connectivity index (χ1n) is 4.99. The van der Waals surface area contributed by atoms with Crippen molar-refractivity contribution >= 4 is 10.0 Å². The molecular formula is C9H15N3O2S. The van der Waals surface area contributed by atoms with Crippen molar-refractivity contribution in [3.63, 3.8) is 0 Å². The largest absolute Gasteiger partial charge is 0.335 e. The molecule has 5 nitrogen and oxygen atoms in total. The van der Waals surface area contributed by atoms with Crippen LogP contribution in [0.4, 0.5) is 0 Å². The number of nitrogens with zero attached hydrogens (tertiary/aromatic N) is 2. The van der Waals surface area contributed by atoms with Crippen LogP contribution in [0.5, 0.6) is 0 Å². The monoisotopic (exact) mass is 229 g/mol. The first-order chi connectivity index (χ1) is 7.04. The number of aryl methyl sites for hydroxylation is 1. The Labute approximate surface area is 89.6 Å². The quantitative estimate of drug-likeness (QED) is 0.793. The van der Waals surface area contributed by atoms with Crippen LogP contribution in [0.1, 0.15) is 12.2 Å². The lowest BCUT2D eigenvalue weighted by Gasteiger charge is -2.23. The zero-order chi connectivity index (χ0) is 10.9. The molecule has 84 valence electrons. The van der Waals surface area contributed by atoms with E-state index in [-0.39, 0.29) is 0 Å². The van der Waals surface area contributed by atoms with Crippen molar-refractivity contribution in [2.45, 2.75) is 19.4 Å². The normalized spacial score (nSPS) is 21.3. The Morgan fingerprint density at radius 3 is 3.20 bits per heavy atom. The van der Waals surface area contributed by atoms with E-state index >= 15 is 0 Å². The summed E-state index contributed by atoms with van der Waals surface area (Å²) in [5, 5.41) is 0. The summed E-state index contributed by atoms with van der Waals surface area (Å²) in [5.74, 6) is 1.48. The number of fused-ring (bicyclic) bond motifs is 1. The van der Waals surface area contributed by atoms with Crippen LogP contribution in [0.2, 0.25) is 0 Å². The van der Waals surface area contributed by atoms with Crippen molar-refractivity contribution in [3.8, 4) is 0 Å². The highest BCUT2D eigenvalue weighted by atomic mass is 32.2. The van der Waals surface area contributed by atoms with E-state index in [9.17, 15) is 8.42 Å². The fourth-order valence-electron chi connectivity index (χ4n) is 1.87. The summed E-state index contributed by atoms with van der Waals surface area (Å²) >= 11 is 0. The Morgan fingerprint density at radius 1 is 1.67 bits per heavy atom. The van der Waals surface area contributed by atoms with Gasteiger partial charge in [-0.3, -0.25) is 0 Å². The van der Waals surface area contributed by atoms with Crippen LogP contribution >= 0.6 is 0 Å². The molecule has 1 aromatic heterocycles. The minimum Gasteiger partial charge on any atom is -0.335 e. The molecule has 1 atom stereocenters. The van der Waals surface area contributed by atoms with Gasteiger partial charge in [-0.05, 0) is 12.3 Å². The van der Waals surface area contributed by atoms with Crippen molar-refractivity contribution in [1.29, 1.82) is 0 Å². The summed E-state index contributed by atoms with van der Waals surface area (Å²) in [4.78, 5) is 4.22. The molecule has 0 radical (unpaired) electrons. The second-order valence-electron chi connectivity index (χ2n) is 4.02. The Morgan fingerprint density at radius 2 is 2.47 bits per heavy atom. The summed E-state index contributed by atoms with van der Waals surface area (Å²) in [7, 11) is -3.06. The number of imidazole rings is 1. The average molecular weight is 229 g/mol. The SMILES string of the molecule is CS(=O)(=O)NCC1CCc2nccn2C1. The van der Waals surface area contributed by atoms with Crippen molar-refractivity contribution in [1.82, 2.24) is 14.3 Å². The minimum absolute atomic E-state index is 0.376. The van der Waals surface area contributed by atoms with E-state index in [0.717, 1.165) is 25.2 Å². The number of sulfonamides is 1. The third-order valence-corrected chi connectivity index (χ3v) is 3.36. The maximum atomic E-state index is 10.9. The summed E-state index contributed by atoms with van der Waals surface area (Å²) in [6, 6.07) is 0. The first-order valence-corrected chi connectivity index (χ1v) is 6.88. The molecule has 0 bridgehead atoms. The number of aromatic nitrogens is 2. The lowest BCUT2D eigenvalue weighted by atomic mass is 10.00. The van der Waals surface area contributed by atoms with Crippen LogP contribution in [0.25, 0.3) is 0 Å². The first kappa shape index (κ1) is 10.6. The molecule has 0 amide bonds. The Kier molecular flexibility index (Phi) is 2.79. The minimum atomic E-state index is -3.06. The maximum Gasteiger partial charge on any atom is 0.208 e. The summed E-state index contributed by atoms with van der Waals surface area (Å²) in [6.45, 7) is 1.38. The Bertz CT molecular complexity index is 438. The molecule has 6 heteroatoms. The highest BCUT2D eigenvalue weighted by Gasteiger charge is 2.19. The molecule has 2 rings (SSSR count). The molecule has 2 heterocycles. The van der Waals surface area contributed by atoms with Gasteiger partial charge in [0.15, 0.2) is 0 Å². The molecule has 0 saturated heterocycles. The third-order valence-electron chi connectivity index (χ3n) is 2.67. The van der Waals surface area contributed by atoms with Gasteiger partial charge in [-0.2, -0.15) is 0 Å². The van der Waals surface area contributed by atoms with Gasteiger partial charge in [-0.25, -0.2) is 18.1 Å². The predicted molar refractivity (Wildman–Crippen MR) is 56.9 cm³/mol. The van der Waals surface area contributed by atoms with Gasteiger partial charge in [0.25, 0.3) is 0 Å². The smallest absolute Gasteiger partial charge is 0.208 e. The topological polar surface area (TPSA) is 64.0 Å². The van der Waals surface area contributed by atoms with Gasteiger partial charge in [0, 0.05) is 31.9 Å². The van der Waals surface area contributed by atoms with Crippen molar-refractivity contribution in [2.75, 3.05) is 12.8 Å². The fraction of sp³-hybridized carbons (Fsp3) is 0.667. The molecule has 15 heavy (non-hydrogen) atoms. The van der Waals surface area contributed by atoms with Gasteiger partial charge in [-0.15, -0.1) is 0 Å².